The minimum atomic E-state index is -4.56. The monoisotopic (exact) mass is 271 g/mol. The smallest absolute Gasteiger partial charge is 0.433 e. The van der Waals surface area contributed by atoms with Crippen molar-refractivity contribution in [2.45, 2.75) is 26.1 Å². The van der Waals surface area contributed by atoms with Gasteiger partial charge in [-0.05, 0) is 19.9 Å². The maximum absolute atomic E-state index is 12.8. The summed E-state index contributed by atoms with van der Waals surface area (Å²) >= 11 is 0. The van der Waals surface area contributed by atoms with Crippen LogP contribution < -0.4 is 9.72 Å². The number of hydrogen-bond acceptors (Lipinski definition) is 3. The number of H-pyrrole nitrogens is 1. The van der Waals surface area contributed by atoms with Crippen LogP contribution in [0.25, 0.3) is 11.4 Å². The molecule has 0 unspecified atom stereocenters. The summed E-state index contributed by atoms with van der Waals surface area (Å²) in [5.41, 5.74) is -0.888. The molecule has 0 spiro atoms. The Labute approximate surface area is 106 Å². The standard InChI is InChI=1S/C11H9F3N4O/c1-6(2)19-9-4-7(10-15-5-16-18-10)3-8(17-9)11(12,13)14/h3-4,6H,1-2H3/p+1. The van der Waals surface area contributed by atoms with E-state index >= 15 is 0 Å². The SMILES string of the molecule is CC(C)Oc1cc(-c2n[nH]c#[n+]2)cc(C(F)(F)F)n1. The van der Waals surface area contributed by atoms with Crippen molar-refractivity contribution in [2.75, 3.05) is 0 Å². The van der Waals surface area contributed by atoms with Crippen LogP contribution in [0.3, 0.4) is 0 Å². The summed E-state index contributed by atoms with van der Waals surface area (Å²) in [7, 11) is 0. The topological polar surface area (TPSA) is 64.9 Å². The first kappa shape index (κ1) is 13.1. The summed E-state index contributed by atoms with van der Waals surface area (Å²) in [4.78, 5) is 7.12. The highest BCUT2D eigenvalue weighted by Crippen LogP contribution is 2.31. The molecule has 0 aliphatic carbocycles. The van der Waals surface area contributed by atoms with Crippen molar-refractivity contribution >= 4 is 0 Å². The number of hydrogen-bond donors (Lipinski definition) is 1. The van der Waals surface area contributed by atoms with Gasteiger partial charge in [-0.25, -0.2) is 4.98 Å². The fraction of sp³-hybridized carbons (Fsp3) is 0.364. The van der Waals surface area contributed by atoms with Crippen LogP contribution in [0.2, 0.25) is 0 Å². The van der Waals surface area contributed by atoms with E-state index in [4.69, 9.17) is 4.74 Å². The fourth-order valence-corrected chi connectivity index (χ4v) is 1.39. The average Bonchev–Trinajstić information content (AvgIpc) is 2.79. The van der Waals surface area contributed by atoms with Gasteiger partial charge in [0.1, 0.15) is 5.69 Å². The van der Waals surface area contributed by atoms with E-state index in [1.54, 1.807) is 13.8 Å². The molecule has 2 rings (SSSR count). The van der Waals surface area contributed by atoms with Gasteiger partial charge < -0.3 is 4.74 Å². The van der Waals surface area contributed by atoms with Gasteiger partial charge in [0.25, 0.3) is 0 Å². The van der Waals surface area contributed by atoms with Crippen molar-refractivity contribution in [2.24, 2.45) is 0 Å². The van der Waals surface area contributed by atoms with E-state index < -0.39 is 11.9 Å². The molecule has 0 saturated carbocycles. The molecule has 19 heavy (non-hydrogen) atoms. The Morgan fingerprint density at radius 2 is 2.11 bits per heavy atom. The van der Waals surface area contributed by atoms with Crippen LogP contribution in [0.1, 0.15) is 19.5 Å². The number of rotatable bonds is 3. The van der Waals surface area contributed by atoms with E-state index in [2.05, 4.69) is 26.5 Å². The number of alkyl halides is 3. The molecule has 0 atom stereocenters. The lowest BCUT2D eigenvalue weighted by molar-refractivity contribution is -0.280. The van der Waals surface area contributed by atoms with Crippen LogP contribution in [-0.2, 0) is 6.18 Å². The fourth-order valence-electron chi connectivity index (χ4n) is 1.39. The predicted octanol–water partition coefficient (Wildman–Crippen LogP) is 1.68. The molecule has 0 radical (unpaired) electrons. The molecule has 0 fully saturated rings. The summed E-state index contributed by atoms with van der Waals surface area (Å²) < 4.78 is 43.5. The van der Waals surface area contributed by atoms with Gasteiger partial charge in [0.2, 0.25) is 5.88 Å². The Hall–Kier alpha value is -2.30. The van der Waals surface area contributed by atoms with Gasteiger partial charge in [-0.3, -0.25) is 0 Å². The maximum atomic E-state index is 12.8. The molecule has 8 heteroatoms. The van der Waals surface area contributed by atoms with Crippen molar-refractivity contribution in [3.8, 4) is 17.3 Å². The van der Waals surface area contributed by atoms with E-state index in [0.29, 0.717) is 0 Å². The number of pyridine rings is 1. The summed E-state index contributed by atoms with van der Waals surface area (Å²) in [6.07, 6.45) is -2.54. The minimum Gasteiger partial charge on any atom is -0.475 e. The molecule has 100 valence electrons. The summed E-state index contributed by atoms with van der Waals surface area (Å²) in [6.45, 7) is 3.39. The van der Waals surface area contributed by atoms with Gasteiger partial charge in [-0.1, -0.05) is 5.10 Å². The number of halogens is 3. The summed E-state index contributed by atoms with van der Waals surface area (Å²) in [5, 5.41) is 6.01. The van der Waals surface area contributed by atoms with E-state index in [1.165, 1.54) is 6.07 Å². The normalized spacial score (nSPS) is 11.5. The molecular formula is C11H10F3N4O+. The Balaban J connectivity index is 2.49. The van der Waals surface area contributed by atoms with Crippen LogP contribution in [-0.4, -0.2) is 21.3 Å². The molecule has 0 amide bonds. The van der Waals surface area contributed by atoms with Gasteiger partial charge in [0, 0.05) is 6.07 Å². The molecule has 1 N–H and O–H groups in total. The van der Waals surface area contributed by atoms with Crippen molar-refractivity contribution < 1.29 is 22.9 Å². The molecule has 0 bridgehead atoms. The molecule has 0 aliphatic rings. The van der Waals surface area contributed by atoms with Crippen molar-refractivity contribution in [3.63, 3.8) is 0 Å². The van der Waals surface area contributed by atoms with Crippen molar-refractivity contribution in [1.82, 2.24) is 15.2 Å². The molecule has 5 nitrogen and oxygen atoms in total. The minimum absolute atomic E-state index is 0.0986. The highest BCUT2D eigenvalue weighted by atomic mass is 19.4. The van der Waals surface area contributed by atoms with Gasteiger partial charge in [0.05, 0.1) is 16.8 Å². The summed E-state index contributed by atoms with van der Waals surface area (Å²) in [5.74, 6) is -0.0221. The molecule has 0 aromatic carbocycles. The van der Waals surface area contributed by atoms with Crippen LogP contribution in [0.15, 0.2) is 12.1 Å². The van der Waals surface area contributed by atoms with Crippen molar-refractivity contribution in [3.05, 3.63) is 24.2 Å². The Kier molecular flexibility index (Phi) is 3.29. The highest BCUT2D eigenvalue weighted by molar-refractivity contribution is 5.54. The third-order valence-electron chi connectivity index (χ3n) is 2.08. The zero-order chi connectivity index (χ0) is 14.0. The first-order chi connectivity index (χ1) is 8.86. The van der Waals surface area contributed by atoms with Gasteiger partial charge in [0.15, 0.2) is 0 Å². The first-order valence-electron chi connectivity index (χ1n) is 5.41. The third-order valence-corrected chi connectivity index (χ3v) is 2.08. The van der Waals surface area contributed by atoms with Gasteiger partial charge >= 0.3 is 18.3 Å². The van der Waals surface area contributed by atoms with Crippen LogP contribution in [0.5, 0.6) is 5.88 Å². The van der Waals surface area contributed by atoms with Crippen LogP contribution in [0, 0.1) is 6.33 Å². The second-order valence-electron chi connectivity index (χ2n) is 4.01. The average molecular weight is 271 g/mol. The van der Waals surface area contributed by atoms with Crippen LogP contribution >= 0.6 is 0 Å². The van der Waals surface area contributed by atoms with Gasteiger partial charge in [-0.2, -0.15) is 18.2 Å². The third kappa shape index (κ3) is 3.13. The largest absolute Gasteiger partial charge is 0.475 e. The second kappa shape index (κ2) is 4.76. The zero-order valence-corrected chi connectivity index (χ0v) is 10.1. The molecule has 2 heterocycles. The molecular weight excluding hydrogens is 261 g/mol. The molecule has 2 aromatic rings. The second-order valence-corrected chi connectivity index (χ2v) is 4.01. The Morgan fingerprint density at radius 1 is 1.37 bits per heavy atom. The Morgan fingerprint density at radius 3 is 2.63 bits per heavy atom. The lowest BCUT2D eigenvalue weighted by Gasteiger charge is -2.12. The first-order valence-corrected chi connectivity index (χ1v) is 5.41. The summed E-state index contributed by atoms with van der Waals surface area (Å²) in [6, 6.07) is 2.22. The molecule has 0 saturated heterocycles. The predicted molar refractivity (Wildman–Crippen MR) is 57.0 cm³/mol. The van der Waals surface area contributed by atoms with E-state index in [-0.39, 0.29) is 23.4 Å². The molecule has 2 aromatic heterocycles. The number of nitrogens with one attached hydrogen (secondary N) is 1. The van der Waals surface area contributed by atoms with E-state index in [1.807, 2.05) is 0 Å². The lowest BCUT2D eigenvalue weighted by Crippen LogP contribution is -2.13. The lowest BCUT2D eigenvalue weighted by atomic mass is 10.2. The van der Waals surface area contributed by atoms with Gasteiger partial charge in [-0.15, -0.1) is 0 Å². The van der Waals surface area contributed by atoms with E-state index in [0.717, 1.165) is 6.07 Å². The van der Waals surface area contributed by atoms with Crippen molar-refractivity contribution in [1.29, 1.82) is 0 Å². The van der Waals surface area contributed by atoms with Crippen LogP contribution in [0.4, 0.5) is 13.2 Å². The Bertz CT molecular complexity index is 552. The number of aromatic nitrogens is 4. The molecule has 0 aliphatic heterocycles. The zero-order valence-electron chi connectivity index (χ0n) is 10.1. The quantitative estimate of drug-likeness (QED) is 0.922. The number of ether oxygens (including phenoxy) is 1. The van der Waals surface area contributed by atoms with E-state index in [9.17, 15) is 13.2 Å². The number of aromatic amines is 1. The maximum Gasteiger partial charge on any atom is 0.433 e. The highest BCUT2D eigenvalue weighted by Gasteiger charge is 2.34. The number of nitrogens with zero attached hydrogens (tertiary/aromatic N) is 3.